The van der Waals surface area contributed by atoms with Crippen LogP contribution in [0.2, 0.25) is 0 Å². The van der Waals surface area contributed by atoms with Crippen LogP contribution in [-0.4, -0.2) is 37.0 Å². The van der Waals surface area contributed by atoms with E-state index >= 15 is 0 Å². The summed E-state index contributed by atoms with van der Waals surface area (Å²) >= 11 is 0. The van der Waals surface area contributed by atoms with E-state index in [2.05, 4.69) is 11.0 Å². The van der Waals surface area contributed by atoms with Crippen LogP contribution in [0.4, 0.5) is 0 Å². The van der Waals surface area contributed by atoms with Crippen LogP contribution in [0.25, 0.3) is 5.69 Å². The van der Waals surface area contributed by atoms with E-state index in [4.69, 9.17) is 12.2 Å². The predicted molar refractivity (Wildman–Crippen MR) is 88.2 cm³/mol. The number of fused-ring (bicyclic) bond motifs is 1. The first-order valence-electron chi connectivity index (χ1n) is 7.07. The molecule has 0 radical (unpaired) electrons. The molecule has 7 heteroatoms. The second-order valence-corrected chi connectivity index (χ2v) is 6.65. The van der Waals surface area contributed by atoms with Gasteiger partial charge in [0.05, 0.1) is 22.4 Å². The summed E-state index contributed by atoms with van der Waals surface area (Å²) in [6.07, 6.45) is 7.70. The molecule has 2 aromatic rings. The molecule has 1 aliphatic rings. The van der Waals surface area contributed by atoms with Gasteiger partial charge in [-0.05, 0) is 18.2 Å². The average molecular weight is 328 g/mol. The largest absolute Gasteiger partial charge is 0.364 e. The normalized spacial score (nSPS) is 15.7. The molecule has 6 nitrogen and oxygen atoms in total. The Morgan fingerprint density at radius 2 is 2.26 bits per heavy atom. The quantitative estimate of drug-likeness (QED) is 0.838. The summed E-state index contributed by atoms with van der Waals surface area (Å²) in [5, 5.41) is 4.38. The molecule has 1 atom stereocenters. The SMILES string of the molecule is C#Cc1cccc(-n2nc(C(N)=O)c3c2CCN(S(C)=O)C3)c1. The number of aromatic nitrogens is 2. The van der Waals surface area contributed by atoms with E-state index in [1.165, 1.54) is 0 Å². The fourth-order valence-corrected chi connectivity index (χ4v) is 3.41. The molecule has 2 heterocycles. The Balaban J connectivity index is 2.13. The van der Waals surface area contributed by atoms with Gasteiger partial charge in [-0.15, -0.1) is 6.42 Å². The minimum Gasteiger partial charge on any atom is -0.364 e. The van der Waals surface area contributed by atoms with Crippen LogP contribution in [0.5, 0.6) is 0 Å². The summed E-state index contributed by atoms with van der Waals surface area (Å²) < 4.78 is 15.2. The first kappa shape index (κ1) is 15.5. The average Bonchev–Trinajstić information content (AvgIpc) is 2.93. The summed E-state index contributed by atoms with van der Waals surface area (Å²) in [5.41, 5.74) is 8.86. The number of benzene rings is 1. The van der Waals surface area contributed by atoms with Crippen molar-refractivity contribution in [3.63, 3.8) is 0 Å². The number of nitrogens with two attached hydrogens (primary N) is 1. The van der Waals surface area contributed by atoms with Crippen LogP contribution in [0.3, 0.4) is 0 Å². The van der Waals surface area contributed by atoms with Crippen molar-refractivity contribution in [2.75, 3.05) is 12.8 Å². The van der Waals surface area contributed by atoms with Gasteiger partial charge in [0.2, 0.25) is 0 Å². The molecule has 1 aromatic carbocycles. The standard InChI is InChI=1S/C16H16N4O2S/c1-3-11-5-4-6-12(9-11)20-14-7-8-19(23(2)22)10-13(14)15(18-20)16(17)21/h1,4-6,9H,7-8,10H2,2H3,(H2,17,21). The Morgan fingerprint density at radius 1 is 1.48 bits per heavy atom. The zero-order valence-corrected chi connectivity index (χ0v) is 13.5. The Labute approximate surface area is 136 Å². The monoisotopic (exact) mass is 328 g/mol. The molecule has 1 aliphatic heterocycles. The van der Waals surface area contributed by atoms with Gasteiger partial charge >= 0.3 is 0 Å². The highest BCUT2D eigenvalue weighted by Gasteiger charge is 2.28. The van der Waals surface area contributed by atoms with Crippen molar-refractivity contribution in [1.29, 1.82) is 0 Å². The van der Waals surface area contributed by atoms with Gasteiger partial charge in [0.25, 0.3) is 5.91 Å². The second-order valence-electron chi connectivity index (χ2n) is 5.28. The number of nitrogens with zero attached hydrogens (tertiary/aromatic N) is 3. The maximum absolute atomic E-state index is 11.7. The zero-order valence-electron chi connectivity index (χ0n) is 12.7. The fourth-order valence-electron chi connectivity index (χ4n) is 2.75. The van der Waals surface area contributed by atoms with Gasteiger partial charge in [-0.3, -0.25) is 4.79 Å². The summed E-state index contributed by atoms with van der Waals surface area (Å²) in [6, 6.07) is 7.39. The number of hydrogen-bond donors (Lipinski definition) is 1. The van der Waals surface area contributed by atoms with E-state index in [1.54, 1.807) is 15.2 Å². The zero-order chi connectivity index (χ0) is 16.6. The van der Waals surface area contributed by atoms with Crippen molar-refractivity contribution in [3.05, 3.63) is 46.8 Å². The number of rotatable bonds is 3. The second kappa shape index (κ2) is 5.99. The van der Waals surface area contributed by atoms with Gasteiger partial charge < -0.3 is 5.73 Å². The predicted octanol–water partition coefficient (Wildman–Crippen LogP) is 0.604. The molecule has 2 N–H and O–H groups in total. The third kappa shape index (κ3) is 2.79. The topological polar surface area (TPSA) is 81.2 Å². The van der Waals surface area contributed by atoms with Gasteiger partial charge in [0, 0.05) is 36.9 Å². The van der Waals surface area contributed by atoms with Gasteiger partial charge in [-0.1, -0.05) is 12.0 Å². The van der Waals surface area contributed by atoms with Crippen LogP contribution in [0.15, 0.2) is 24.3 Å². The van der Waals surface area contributed by atoms with Gasteiger partial charge in [-0.25, -0.2) is 13.2 Å². The van der Waals surface area contributed by atoms with Crippen molar-refractivity contribution in [2.45, 2.75) is 13.0 Å². The summed E-state index contributed by atoms with van der Waals surface area (Å²) in [4.78, 5) is 11.7. The molecule has 1 unspecified atom stereocenters. The van der Waals surface area contributed by atoms with E-state index in [-0.39, 0.29) is 5.69 Å². The van der Waals surface area contributed by atoms with Crippen molar-refractivity contribution in [3.8, 4) is 18.0 Å². The third-order valence-corrected chi connectivity index (χ3v) is 4.92. The lowest BCUT2D eigenvalue weighted by Gasteiger charge is -2.25. The Morgan fingerprint density at radius 3 is 2.91 bits per heavy atom. The van der Waals surface area contributed by atoms with E-state index in [1.807, 2.05) is 24.3 Å². The molecule has 0 bridgehead atoms. The molecule has 118 valence electrons. The van der Waals surface area contributed by atoms with Gasteiger partial charge in [0.15, 0.2) is 5.69 Å². The molecule has 0 aliphatic carbocycles. The minimum absolute atomic E-state index is 0.223. The van der Waals surface area contributed by atoms with Crippen molar-refractivity contribution >= 4 is 16.9 Å². The summed E-state index contributed by atoms with van der Waals surface area (Å²) in [7, 11) is -1.10. The van der Waals surface area contributed by atoms with Crippen molar-refractivity contribution in [1.82, 2.24) is 14.1 Å². The number of terminal acetylenes is 1. The highest BCUT2D eigenvalue weighted by atomic mass is 32.2. The van der Waals surface area contributed by atoms with Gasteiger partial charge in [-0.2, -0.15) is 5.10 Å². The van der Waals surface area contributed by atoms with Crippen LogP contribution in [0, 0.1) is 12.3 Å². The molecule has 3 rings (SSSR count). The Hall–Kier alpha value is -2.43. The Bertz CT molecular complexity index is 850. The number of carbonyl (C=O) groups excluding carboxylic acids is 1. The summed E-state index contributed by atoms with van der Waals surface area (Å²) in [5.74, 6) is 2.00. The molecule has 0 fully saturated rings. The molecular formula is C16H16N4O2S. The molecule has 0 saturated carbocycles. The fraction of sp³-hybridized carbons (Fsp3) is 0.250. The minimum atomic E-state index is -1.10. The van der Waals surface area contributed by atoms with Crippen molar-refractivity contribution < 1.29 is 9.00 Å². The van der Waals surface area contributed by atoms with Crippen molar-refractivity contribution in [2.24, 2.45) is 5.73 Å². The molecular weight excluding hydrogens is 312 g/mol. The molecule has 1 aromatic heterocycles. The summed E-state index contributed by atoms with van der Waals surface area (Å²) in [6.45, 7) is 1.03. The van der Waals surface area contributed by atoms with E-state index in [0.29, 0.717) is 19.5 Å². The lowest BCUT2D eigenvalue weighted by atomic mass is 10.1. The smallest absolute Gasteiger partial charge is 0.269 e. The number of carbonyl (C=O) groups is 1. The first-order chi connectivity index (χ1) is 11.0. The lowest BCUT2D eigenvalue weighted by molar-refractivity contribution is 0.0993. The Kier molecular flexibility index (Phi) is 4.03. The van der Waals surface area contributed by atoms with E-state index in [0.717, 1.165) is 22.5 Å². The number of amides is 1. The number of primary amides is 1. The molecule has 23 heavy (non-hydrogen) atoms. The highest BCUT2D eigenvalue weighted by Crippen LogP contribution is 2.26. The molecule has 0 spiro atoms. The first-order valence-corrected chi connectivity index (χ1v) is 8.59. The molecule has 1 amide bonds. The van der Waals surface area contributed by atoms with Gasteiger partial charge in [0.1, 0.15) is 0 Å². The lowest BCUT2D eigenvalue weighted by Crippen LogP contribution is -2.33. The van der Waals surface area contributed by atoms with Crippen LogP contribution in [0.1, 0.15) is 27.3 Å². The van der Waals surface area contributed by atoms with E-state index < -0.39 is 16.9 Å². The number of hydrogen-bond acceptors (Lipinski definition) is 3. The highest BCUT2D eigenvalue weighted by molar-refractivity contribution is 7.81. The van der Waals surface area contributed by atoms with Crippen LogP contribution >= 0.6 is 0 Å². The van der Waals surface area contributed by atoms with E-state index in [9.17, 15) is 9.00 Å². The molecule has 0 saturated heterocycles. The third-order valence-electron chi connectivity index (χ3n) is 3.88. The van der Waals surface area contributed by atoms with Crippen LogP contribution < -0.4 is 5.73 Å². The maximum atomic E-state index is 11.7. The maximum Gasteiger partial charge on any atom is 0.269 e. The van der Waals surface area contributed by atoms with Crippen LogP contribution in [-0.2, 0) is 24.0 Å².